The van der Waals surface area contributed by atoms with Crippen molar-refractivity contribution in [1.29, 1.82) is 0 Å². The number of piperidine rings is 1. The Hall–Kier alpha value is -3.28. The second-order valence-electron chi connectivity index (χ2n) is 11.5. The topological polar surface area (TPSA) is 69.6 Å². The van der Waals surface area contributed by atoms with Gasteiger partial charge in [0.2, 0.25) is 0 Å². The number of likely N-dealkylation sites (tertiary alicyclic amines) is 1. The maximum absolute atomic E-state index is 12.7. The van der Waals surface area contributed by atoms with Crippen molar-refractivity contribution in [3.05, 3.63) is 106 Å². The van der Waals surface area contributed by atoms with Gasteiger partial charge in [-0.15, -0.1) is 0 Å². The predicted octanol–water partition coefficient (Wildman–Crippen LogP) is 8.38. The summed E-state index contributed by atoms with van der Waals surface area (Å²) in [5.74, 6) is 0.0957. The molecule has 2 aliphatic rings. The summed E-state index contributed by atoms with van der Waals surface area (Å²) < 4.78 is 0. The van der Waals surface area contributed by atoms with E-state index in [0.29, 0.717) is 17.9 Å². The Kier molecular flexibility index (Phi) is 17.2. The van der Waals surface area contributed by atoms with Gasteiger partial charge in [0.25, 0.3) is 0 Å². The van der Waals surface area contributed by atoms with Crippen molar-refractivity contribution in [3.8, 4) is 0 Å². The summed E-state index contributed by atoms with van der Waals surface area (Å²) in [5, 5.41) is 12.2. The van der Waals surface area contributed by atoms with Crippen LogP contribution < -0.4 is 5.32 Å². The molecule has 0 spiro atoms. The summed E-state index contributed by atoms with van der Waals surface area (Å²) >= 11 is 0. The summed E-state index contributed by atoms with van der Waals surface area (Å²) in [6.07, 6.45) is 20.8. The van der Waals surface area contributed by atoms with E-state index in [-0.39, 0.29) is 5.78 Å². The van der Waals surface area contributed by atoms with Crippen LogP contribution in [0.15, 0.2) is 101 Å². The SMILES string of the molecule is CCNCc1ccccc1.C\C=C(/C=C\C=C(/C)C(=O)O)CN1CCC(CCCC(=O)C2=CC(CC)=C(C)CC=C2)CC1. The second-order valence-corrected chi connectivity index (χ2v) is 11.5. The molecule has 0 bridgehead atoms. The van der Waals surface area contributed by atoms with E-state index in [9.17, 15) is 9.59 Å². The van der Waals surface area contributed by atoms with Gasteiger partial charge in [-0.2, -0.15) is 0 Å². The molecule has 3 rings (SSSR count). The van der Waals surface area contributed by atoms with Crippen LogP contribution in [-0.4, -0.2) is 47.9 Å². The highest BCUT2D eigenvalue weighted by Crippen LogP contribution is 2.25. The number of aliphatic carboxylic acids is 1. The summed E-state index contributed by atoms with van der Waals surface area (Å²) in [7, 11) is 0. The molecule has 0 amide bonds. The van der Waals surface area contributed by atoms with Crippen LogP contribution in [0.2, 0.25) is 0 Å². The van der Waals surface area contributed by atoms with Gasteiger partial charge in [-0.25, -0.2) is 4.79 Å². The summed E-state index contributed by atoms with van der Waals surface area (Å²) in [6.45, 7) is 15.1. The number of allylic oxidation sites excluding steroid dienone is 9. The molecule has 0 saturated carbocycles. The van der Waals surface area contributed by atoms with Crippen molar-refractivity contribution in [2.24, 2.45) is 5.92 Å². The molecule has 5 nitrogen and oxygen atoms in total. The van der Waals surface area contributed by atoms with Crippen LogP contribution >= 0.6 is 0 Å². The standard InChI is InChI=1S/C29H41NO3.C9H13N/c1-5-24(12-7-11-23(4)29(32)33)21-30-18-16-25(17-19-30)13-9-15-28(31)27-14-8-10-22(3)26(6-2)20-27;1-2-10-8-9-6-4-3-5-7-9/h5,7-8,11-12,14,20,25H,6,9-10,13,15-19,21H2,1-4H3,(H,32,33);3-7,10H,2,8H2,1H3/b12-7-,23-11+,24-5+;. The minimum absolute atomic E-state index is 0.279. The van der Waals surface area contributed by atoms with Crippen LogP contribution in [0.4, 0.5) is 0 Å². The van der Waals surface area contributed by atoms with E-state index in [2.05, 4.69) is 73.5 Å². The van der Waals surface area contributed by atoms with Crippen molar-refractivity contribution < 1.29 is 14.7 Å². The third-order valence-corrected chi connectivity index (χ3v) is 8.22. The van der Waals surface area contributed by atoms with Crippen molar-refractivity contribution >= 4 is 11.8 Å². The first-order chi connectivity index (χ1) is 20.8. The van der Waals surface area contributed by atoms with Crippen LogP contribution in [0.3, 0.4) is 0 Å². The van der Waals surface area contributed by atoms with Crippen LogP contribution in [-0.2, 0) is 16.1 Å². The first-order valence-electron chi connectivity index (χ1n) is 16.1. The summed E-state index contributed by atoms with van der Waals surface area (Å²) in [6, 6.07) is 10.4. The Morgan fingerprint density at radius 2 is 1.84 bits per heavy atom. The van der Waals surface area contributed by atoms with Gasteiger partial charge in [0, 0.05) is 30.7 Å². The lowest BCUT2D eigenvalue weighted by molar-refractivity contribution is -0.132. The molecule has 1 saturated heterocycles. The lowest BCUT2D eigenvalue weighted by atomic mass is 9.90. The van der Waals surface area contributed by atoms with Gasteiger partial charge in [-0.3, -0.25) is 9.69 Å². The van der Waals surface area contributed by atoms with Crippen molar-refractivity contribution in [2.45, 2.75) is 86.1 Å². The molecule has 1 heterocycles. The summed E-state index contributed by atoms with van der Waals surface area (Å²) in [4.78, 5) is 26.1. The van der Waals surface area contributed by atoms with E-state index in [1.165, 1.54) is 35.1 Å². The average Bonchev–Trinajstić information content (AvgIpc) is 3.21. The number of rotatable bonds is 14. The Morgan fingerprint density at radius 3 is 2.47 bits per heavy atom. The maximum Gasteiger partial charge on any atom is 0.331 e. The number of carbonyl (C=O) groups excluding carboxylic acids is 1. The van der Waals surface area contributed by atoms with Crippen molar-refractivity contribution in [2.75, 3.05) is 26.2 Å². The van der Waals surface area contributed by atoms with Crippen LogP contribution in [0.1, 0.15) is 85.1 Å². The number of benzene rings is 1. The number of ketones is 1. The zero-order valence-electron chi connectivity index (χ0n) is 27.2. The molecule has 0 atom stereocenters. The fourth-order valence-electron chi connectivity index (χ4n) is 5.31. The first kappa shape index (κ1) is 35.9. The molecule has 0 aromatic heterocycles. The van der Waals surface area contributed by atoms with Gasteiger partial charge in [0.05, 0.1) is 0 Å². The third kappa shape index (κ3) is 14.2. The molecule has 1 aliphatic heterocycles. The largest absolute Gasteiger partial charge is 0.478 e. The number of hydrogen-bond donors (Lipinski definition) is 2. The molecule has 0 unspecified atom stereocenters. The average molecular weight is 587 g/mol. The smallest absolute Gasteiger partial charge is 0.331 e. The minimum atomic E-state index is -0.884. The third-order valence-electron chi connectivity index (χ3n) is 8.22. The molecule has 43 heavy (non-hydrogen) atoms. The van der Waals surface area contributed by atoms with Crippen LogP contribution in [0.5, 0.6) is 0 Å². The number of hydrogen-bond acceptors (Lipinski definition) is 4. The molecule has 2 N–H and O–H groups in total. The Morgan fingerprint density at radius 1 is 1.12 bits per heavy atom. The van der Waals surface area contributed by atoms with E-state index in [1.807, 2.05) is 31.2 Å². The van der Waals surface area contributed by atoms with Gasteiger partial charge in [-0.05, 0) is 108 Å². The van der Waals surface area contributed by atoms with Gasteiger partial charge in [0.15, 0.2) is 5.78 Å². The quantitative estimate of drug-likeness (QED) is 0.169. The van der Waals surface area contributed by atoms with Gasteiger partial charge < -0.3 is 10.4 Å². The van der Waals surface area contributed by atoms with Crippen LogP contribution in [0, 0.1) is 5.92 Å². The monoisotopic (exact) mass is 586 g/mol. The lowest BCUT2D eigenvalue weighted by Crippen LogP contribution is -2.34. The number of Topliss-reactive ketones (excluding diaryl/α,β-unsaturated/α-hetero) is 1. The maximum atomic E-state index is 12.7. The van der Waals surface area contributed by atoms with E-state index < -0.39 is 5.97 Å². The predicted molar refractivity (Wildman–Crippen MR) is 181 cm³/mol. The van der Waals surface area contributed by atoms with E-state index in [0.717, 1.165) is 64.0 Å². The molecular weight excluding hydrogens is 532 g/mol. The molecule has 234 valence electrons. The zero-order valence-corrected chi connectivity index (χ0v) is 27.2. The molecule has 1 aliphatic carbocycles. The summed E-state index contributed by atoms with van der Waals surface area (Å²) in [5.41, 5.74) is 6.44. The normalized spacial score (nSPS) is 17.0. The highest BCUT2D eigenvalue weighted by molar-refractivity contribution is 5.98. The Balaban J connectivity index is 0.000000543. The molecule has 5 heteroatoms. The van der Waals surface area contributed by atoms with E-state index in [1.54, 1.807) is 13.0 Å². The molecule has 1 aromatic carbocycles. The van der Waals surface area contributed by atoms with E-state index in [4.69, 9.17) is 5.11 Å². The second kappa shape index (κ2) is 20.6. The zero-order chi connectivity index (χ0) is 31.5. The van der Waals surface area contributed by atoms with Crippen molar-refractivity contribution in [1.82, 2.24) is 10.2 Å². The van der Waals surface area contributed by atoms with E-state index >= 15 is 0 Å². The highest BCUT2D eigenvalue weighted by Gasteiger charge is 2.20. The van der Waals surface area contributed by atoms with Gasteiger partial charge in [0.1, 0.15) is 0 Å². The number of nitrogens with one attached hydrogen (secondary N) is 1. The van der Waals surface area contributed by atoms with Gasteiger partial charge >= 0.3 is 5.97 Å². The molecule has 0 radical (unpaired) electrons. The Bertz CT molecular complexity index is 1190. The fourth-order valence-corrected chi connectivity index (χ4v) is 5.31. The number of carboxylic acids is 1. The lowest BCUT2D eigenvalue weighted by Gasteiger charge is -2.32. The van der Waals surface area contributed by atoms with Crippen molar-refractivity contribution in [3.63, 3.8) is 0 Å². The number of carboxylic acid groups (broad SMARTS) is 1. The number of nitrogens with zero attached hydrogens (tertiary/aromatic N) is 1. The molecule has 1 fully saturated rings. The Labute approximate surface area is 260 Å². The minimum Gasteiger partial charge on any atom is -0.478 e. The number of carbonyl (C=O) groups is 2. The molecular formula is C38H54N2O3. The fraction of sp³-hybridized carbons (Fsp3) is 0.474. The first-order valence-corrected chi connectivity index (χ1v) is 16.1. The van der Waals surface area contributed by atoms with Gasteiger partial charge in [-0.1, -0.05) is 86.2 Å². The van der Waals surface area contributed by atoms with Crippen LogP contribution in [0.25, 0.3) is 0 Å². The highest BCUT2D eigenvalue weighted by atomic mass is 16.4. The molecule has 1 aromatic rings.